The zero-order valence-electron chi connectivity index (χ0n) is 8.44. The zero-order chi connectivity index (χ0) is 10.7. The Hall–Kier alpha value is -1.71. The molecule has 0 aliphatic carbocycles. The number of amides is 1. The highest BCUT2D eigenvalue weighted by molar-refractivity contribution is 5.86. The summed E-state index contributed by atoms with van der Waals surface area (Å²) in [6.07, 6.45) is -0.985. The molecule has 0 bridgehead atoms. The van der Waals surface area contributed by atoms with E-state index in [1.807, 2.05) is 6.92 Å². The Morgan fingerprint density at radius 2 is 2.14 bits per heavy atom. The van der Waals surface area contributed by atoms with Crippen LogP contribution in [0.5, 0.6) is 5.75 Å². The maximum atomic E-state index is 10.7. The van der Waals surface area contributed by atoms with E-state index in [2.05, 4.69) is 0 Å². The summed E-state index contributed by atoms with van der Waals surface area (Å²) in [5, 5.41) is 8.81. The zero-order valence-corrected chi connectivity index (χ0v) is 8.44. The van der Waals surface area contributed by atoms with E-state index in [1.165, 1.54) is 7.05 Å². The number of nitrogens with zero attached hydrogens (tertiary/aromatic N) is 1. The minimum Gasteiger partial charge on any atom is -0.496 e. The number of methoxy groups -OCH3 is 1. The van der Waals surface area contributed by atoms with Crippen molar-refractivity contribution in [2.45, 2.75) is 6.92 Å². The molecule has 0 aliphatic heterocycles. The number of anilines is 1. The van der Waals surface area contributed by atoms with Crippen molar-refractivity contribution in [2.75, 3.05) is 19.1 Å². The number of hydrogen-bond acceptors (Lipinski definition) is 2. The highest BCUT2D eigenvalue weighted by atomic mass is 16.5. The van der Waals surface area contributed by atoms with Gasteiger partial charge in [0.05, 0.1) is 12.8 Å². The van der Waals surface area contributed by atoms with E-state index in [-0.39, 0.29) is 0 Å². The highest BCUT2D eigenvalue weighted by Gasteiger charge is 2.12. The molecule has 4 nitrogen and oxygen atoms in total. The molecule has 0 heterocycles. The van der Waals surface area contributed by atoms with E-state index in [0.29, 0.717) is 11.4 Å². The second-order valence-corrected chi connectivity index (χ2v) is 2.95. The number of benzene rings is 1. The summed E-state index contributed by atoms with van der Waals surface area (Å²) >= 11 is 0. The monoisotopic (exact) mass is 195 g/mol. The molecule has 76 valence electrons. The molecule has 14 heavy (non-hydrogen) atoms. The summed E-state index contributed by atoms with van der Waals surface area (Å²) in [4.78, 5) is 11.9. The molecule has 0 fully saturated rings. The molecule has 1 aromatic rings. The third-order valence-corrected chi connectivity index (χ3v) is 2.12. The van der Waals surface area contributed by atoms with Crippen LogP contribution in [0.1, 0.15) is 5.56 Å². The van der Waals surface area contributed by atoms with E-state index >= 15 is 0 Å². The van der Waals surface area contributed by atoms with E-state index in [9.17, 15) is 4.79 Å². The predicted molar refractivity (Wildman–Crippen MR) is 54.2 cm³/mol. The van der Waals surface area contributed by atoms with Crippen LogP contribution in [0.4, 0.5) is 10.5 Å². The van der Waals surface area contributed by atoms with Gasteiger partial charge in [0.1, 0.15) is 5.75 Å². The molecule has 0 aromatic heterocycles. The van der Waals surface area contributed by atoms with Gasteiger partial charge in [0.15, 0.2) is 0 Å². The summed E-state index contributed by atoms with van der Waals surface area (Å²) in [6.45, 7) is 1.83. The Labute approximate surface area is 82.7 Å². The van der Waals surface area contributed by atoms with Crippen LogP contribution in [0.15, 0.2) is 18.2 Å². The number of hydrogen-bond donors (Lipinski definition) is 1. The summed E-state index contributed by atoms with van der Waals surface area (Å²) < 4.78 is 5.10. The van der Waals surface area contributed by atoms with Crippen LogP contribution in [0.2, 0.25) is 0 Å². The molecule has 0 unspecified atom stereocenters. The minimum atomic E-state index is -0.985. The number of carboxylic acid groups (broad SMARTS) is 1. The Bertz CT molecular complexity index is 349. The second kappa shape index (κ2) is 4.00. The fraction of sp³-hybridized carbons (Fsp3) is 0.300. The van der Waals surface area contributed by atoms with Gasteiger partial charge in [0.2, 0.25) is 0 Å². The molecule has 0 spiro atoms. The third-order valence-electron chi connectivity index (χ3n) is 2.12. The van der Waals surface area contributed by atoms with Crippen molar-refractivity contribution in [3.8, 4) is 5.75 Å². The molecule has 0 saturated carbocycles. The SMILES string of the molecule is COc1cccc(N(C)C(=O)O)c1C. The van der Waals surface area contributed by atoms with E-state index in [0.717, 1.165) is 10.5 Å². The lowest BCUT2D eigenvalue weighted by molar-refractivity contribution is 0.203. The standard InChI is InChI=1S/C10H13NO3/c1-7-8(11(2)10(12)13)5-4-6-9(7)14-3/h4-6H,1-3H3,(H,12,13). The first-order valence-corrected chi connectivity index (χ1v) is 4.18. The van der Waals surface area contributed by atoms with Gasteiger partial charge >= 0.3 is 6.09 Å². The van der Waals surface area contributed by atoms with Gasteiger partial charge < -0.3 is 9.84 Å². The van der Waals surface area contributed by atoms with Crippen molar-refractivity contribution >= 4 is 11.8 Å². The van der Waals surface area contributed by atoms with Gasteiger partial charge in [0, 0.05) is 12.6 Å². The van der Waals surface area contributed by atoms with Crippen molar-refractivity contribution < 1.29 is 14.6 Å². The van der Waals surface area contributed by atoms with Crippen LogP contribution in [-0.4, -0.2) is 25.4 Å². The molecule has 0 radical (unpaired) electrons. The van der Waals surface area contributed by atoms with Gasteiger partial charge in [-0.3, -0.25) is 4.90 Å². The second-order valence-electron chi connectivity index (χ2n) is 2.95. The van der Waals surface area contributed by atoms with Crippen molar-refractivity contribution in [1.29, 1.82) is 0 Å². The maximum Gasteiger partial charge on any atom is 0.411 e. The Morgan fingerprint density at radius 3 is 2.64 bits per heavy atom. The van der Waals surface area contributed by atoms with Crippen LogP contribution >= 0.6 is 0 Å². The Morgan fingerprint density at radius 1 is 1.50 bits per heavy atom. The van der Waals surface area contributed by atoms with Crippen molar-refractivity contribution in [1.82, 2.24) is 0 Å². The van der Waals surface area contributed by atoms with E-state index in [4.69, 9.17) is 9.84 Å². The average molecular weight is 195 g/mol. The van der Waals surface area contributed by atoms with Crippen LogP contribution in [0.25, 0.3) is 0 Å². The number of ether oxygens (including phenoxy) is 1. The van der Waals surface area contributed by atoms with Crippen LogP contribution in [-0.2, 0) is 0 Å². The van der Waals surface area contributed by atoms with Crippen LogP contribution < -0.4 is 9.64 Å². The molecule has 1 amide bonds. The first-order chi connectivity index (χ1) is 6.57. The van der Waals surface area contributed by atoms with Gasteiger partial charge in [-0.15, -0.1) is 0 Å². The molecule has 0 aliphatic rings. The minimum absolute atomic E-state index is 0.636. The smallest absolute Gasteiger partial charge is 0.411 e. The lowest BCUT2D eigenvalue weighted by atomic mass is 10.1. The van der Waals surface area contributed by atoms with Gasteiger partial charge in [-0.1, -0.05) is 6.07 Å². The molecular weight excluding hydrogens is 182 g/mol. The third kappa shape index (κ3) is 1.79. The summed E-state index contributed by atoms with van der Waals surface area (Å²) in [7, 11) is 3.07. The molecule has 0 saturated heterocycles. The summed E-state index contributed by atoms with van der Waals surface area (Å²) in [5.74, 6) is 0.690. The van der Waals surface area contributed by atoms with E-state index in [1.54, 1.807) is 25.3 Å². The van der Waals surface area contributed by atoms with Crippen molar-refractivity contribution in [2.24, 2.45) is 0 Å². The lowest BCUT2D eigenvalue weighted by Gasteiger charge is -2.17. The normalized spacial score (nSPS) is 9.64. The van der Waals surface area contributed by atoms with Crippen LogP contribution in [0.3, 0.4) is 0 Å². The summed E-state index contributed by atoms with van der Waals surface area (Å²) in [6, 6.07) is 5.31. The molecule has 1 rings (SSSR count). The Balaban J connectivity index is 3.15. The summed E-state index contributed by atoms with van der Waals surface area (Å²) in [5.41, 5.74) is 1.46. The first kappa shape index (κ1) is 10.4. The first-order valence-electron chi connectivity index (χ1n) is 4.18. The molecule has 1 N–H and O–H groups in total. The van der Waals surface area contributed by atoms with Crippen LogP contribution in [0, 0.1) is 6.92 Å². The van der Waals surface area contributed by atoms with Gasteiger partial charge in [-0.05, 0) is 19.1 Å². The predicted octanol–water partition coefficient (Wildman–Crippen LogP) is 2.12. The maximum absolute atomic E-state index is 10.7. The van der Waals surface area contributed by atoms with Gasteiger partial charge in [-0.25, -0.2) is 4.79 Å². The topological polar surface area (TPSA) is 49.8 Å². The molecule has 1 aromatic carbocycles. The van der Waals surface area contributed by atoms with Gasteiger partial charge in [-0.2, -0.15) is 0 Å². The molecule has 4 heteroatoms. The number of carbonyl (C=O) groups is 1. The lowest BCUT2D eigenvalue weighted by Crippen LogP contribution is -2.24. The number of rotatable bonds is 2. The molecular formula is C10H13NO3. The Kier molecular flexibility index (Phi) is 2.96. The van der Waals surface area contributed by atoms with Crippen molar-refractivity contribution in [3.05, 3.63) is 23.8 Å². The quantitative estimate of drug-likeness (QED) is 0.786. The fourth-order valence-corrected chi connectivity index (χ4v) is 1.29. The van der Waals surface area contributed by atoms with E-state index < -0.39 is 6.09 Å². The van der Waals surface area contributed by atoms with Gasteiger partial charge in [0.25, 0.3) is 0 Å². The average Bonchev–Trinajstić information content (AvgIpc) is 2.17. The molecule has 0 atom stereocenters. The highest BCUT2D eigenvalue weighted by Crippen LogP contribution is 2.27. The fourth-order valence-electron chi connectivity index (χ4n) is 1.29. The largest absolute Gasteiger partial charge is 0.496 e. The van der Waals surface area contributed by atoms with Crippen molar-refractivity contribution in [3.63, 3.8) is 0 Å².